The first kappa shape index (κ1) is 54.9. The van der Waals surface area contributed by atoms with Gasteiger partial charge in [0.1, 0.15) is 11.2 Å². The molecule has 1 aliphatic carbocycles. The Bertz CT molecular complexity index is 5990. The van der Waals surface area contributed by atoms with Crippen molar-refractivity contribution < 1.29 is 4.42 Å². The first-order valence-corrected chi connectivity index (χ1v) is 32.5. The predicted molar refractivity (Wildman–Crippen MR) is 401 cm³/mol. The van der Waals surface area contributed by atoms with Crippen LogP contribution < -0.4 is 9.80 Å². The van der Waals surface area contributed by atoms with Crippen LogP contribution in [-0.2, 0) is 5.41 Å². The molecular formula is C91H62N2O. The molecule has 17 aromatic carbocycles. The van der Waals surface area contributed by atoms with Crippen molar-refractivity contribution in [3.8, 4) is 33.4 Å². The van der Waals surface area contributed by atoms with E-state index in [2.05, 4.69) is 357 Å². The second kappa shape index (κ2) is 22.1. The van der Waals surface area contributed by atoms with E-state index >= 15 is 0 Å². The Hall–Kier alpha value is -12.0. The van der Waals surface area contributed by atoms with Crippen LogP contribution >= 0.6 is 0 Å². The maximum absolute atomic E-state index is 6.57. The Balaban J connectivity index is 0.000000138. The molecule has 0 radical (unpaired) electrons. The van der Waals surface area contributed by atoms with E-state index in [1.807, 2.05) is 6.07 Å². The molecule has 1 aliphatic rings. The standard InChI is InChI=1S/C46H29NO.C45H33N/c1-2-10-30(11-3-1)32-18-22-35(23-19-32)47(36-24-20-31-12-4-5-13-33(31)28-36)37-25-27-38-34(29-37)21-26-42-44(38)39-14-6-7-15-40(39)45-41-16-8-9-17-43(41)48-46(42)45;1-45(2)42-16-10-9-15-38(42)40-28-27-39-41(44(40)45)25-21-32-17-18-33-29-36(24-26-37(33)43(32)39)46(34-13-7-4-8-14-34)35-22-19-31(20-23-35)30-11-5-3-6-12-30/h1-29H;3-29H,1-2H3. The zero-order valence-electron chi connectivity index (χ0n) is 52.1. The quantitative estimate of drug-likeness (QED) is 0.141. The number of benzene rings is 17. The largest absolute Gasteiger partial charge is 0.455 e. The summed E-state index contributed by atoms with van der Waals surface area (Å²) in [5.74, 6) is 0. The van der Waals surface area contributed by atoms with Crippen molar-refractivity contribution in [3.63, 3.8) is 0 Å². The Labute approximate surface area is 545 Å². The molecule has 442 valence electrons. The van der Waals surface area contributed by atoms with Crippen LogP contribution in [0.15, 0.2) is 344 Å². The molecule has 0 saturated heterocycles. The van der Waals surface area contributed by atoms with Gasteiger partial charge in [-0.15, -0.1) is 0 Å². The van der Waals surface area contributed by atoms with Crippen molar-refractivity contribution in [2.45, 2.75) is 19.3 Å². The van der Waals surface area contributed by atoms with Crippen molar-refractivity contribution in [2.24, 2.45) is 0 Å². The van der Waals surface area contributed by atoms with Crippen LogP contribution in [0.1, 0.15) is 25.0 Å². The van der Waals surface area contributed by atoms with Gasteiger partial charge in [-0.25, -0.2) is 0 Å². The summed E-state index contributed by atoms with van der Waals surface area (Å²) in [7, 11) is 0. The van der Waals surface area contributed by atoms with Gasteiger partial charge in [0, 0.05) is 61.1 Å². The molecule has 0 fully saturated rings. The van der Waals surface area contributed by atoms with E-state index in [1.54, 1.807) is 0 Å². The molecule has 0 bridgehead atoms. The highest BCUT2D eigenvalue weighted by Crippen LogP contribution is 2.53. The Kier molecular flexibility index (Phi) is 12.9. The molecule has 3 heteroatoms. The van der Waals surface area contributed by atoms with Gasteiger partial charge in [0.15, 0.2) is 0 Å². The average Bonchev–Trinajstić information content (AvgIpc) is 1.57. The molecule has 3 nitrogen and oxygen atoms in total. The molecule has 1 heterocycles. The van der Waals surface area contributed by atoms with Gasteiger partial charge < -0.3 is 14.2 Å². The highest BCUT2D eigenvalue weighted by molar-refractivity contribution is 6.34. The SMILES string of the molecule is CC1(C)c2ccccc2-c2ccc3c(ccc4ccc5cc(N(c6ccccc6)c6ccc(-c7ccccc7)cc6)ccc5c43)c21.c1ccc(-c2ccc(N(c3ccc4ccccc4c3)c3ccc4c(ccc5c6oc7ccccc7c6c6ccccc6c45)c3)cc2)cc1. The summed E-state index contributed by atoms with van der Waals surface area (Å²) in [6.45, 7) is 4.75. The highest BCUT2D eigenvalue weighted by atomic mass is 16.3. The van der Waals surface area contributed by atoms with E-state index < -0.39 is 0 Å². The lowest BCUT2D eigenvalue weighted by Crippen LogP contribution is -2.15. The predicted octanol–water partition coefficient (Wildman–Crippen LogP) is 25.9. The monoisotopic (exact) mass is 1200 g/mol. The number of rotatable bonds is 8. The van der Waals surface area contributed by atoms with Gasteiger partial charge in [-0.2, -0.15) is 0 Å². The van der Waals surface area contributed by atoms with E-state index in [1.165, 1.54) is 120 Å². The lowest BCUT2D eigenvalue weighted by molar-refractivity contribution is 0.666. The van der Waals surface area contributed by atoms with Crippen molar-refractivity contribution in [3.05, 3.63) is 351 Å². The zero-order chi connectivity index (χ0) is 62.4. The van der Waals surface area contributed by atoms with E-state index in [0.717, 1.165) is 56.1 Å². The third-order valence-corrected chi connectivity index (χ3v) is 19.8. The maximum Gasteiger partial charge on any atom is 0.143 e. The fourth-order valence-corrected chi connectivity index (χ4v) is 15.4. The molecule has 1 aromatic heterocycles. The first-order valence-electron chi connectivity index (χ1n) is 32.5. The molecule has 0 unspecified atom stereocenters. The van der Waals surface area contributed by atoms with Crippen LogP contribution in [-0.4, -0.2) is 0 Å². The summed E-state index contributed by atoms with van der Waals surface area (Å²) in [5.41, 5.74) is 19.0. The summed E-state index contributed by atoms with van der Waals surface area (Å²) < 4.78 is 6.57. The molecule has 0 aliphatic heterocycles. The third-order valence-electron chi connectivity index (χ3n) is 19.8. The minimum atomic E-state index is -0.0525. The van der Waals surface area contributed by atoms with Gasteiger partial charge in [0.2, 0.25) is 0 Å². The summed E-state index contributed by atoms with van der Waals surface area (Å²) in [4.78, 5) is 4.72. The van der Waals surface area contributed by atoms with Gasteiger partial charge in [-0.05, 0) is 194 Å². The second-order valence-electron chi connectivity index (χ2n) is 25.5. The number of anilines is 6. The van der Waals surface area contributed by atoms with Gasteiger partial charge in [0.05, 0.1) is 0 Å². The van der Waals surface area contributed by atoms with E-state index in [-0.39, 0.29) is 5.41 Å². The van der Waals surface area contributed by atoms with Crippen LogP contribution in [0.5, 0.6) is 0 Å². The van der Waals surface area contributed by atoms with Crippen LogP contribution in [0.4, 0.5) is 34.1 Å². The van der Waals surface area contributed by atoms with Crippen molar-refractivity contribution in [1.82, 2.24) is 0 Å². The molecule has 0 spiro atoms. The molecular weight excluding hydrogens is 1140 g/mol. The van der Waals surface area contributed by atoms with Gasteiger partial charge in [-0.3, -0.25) is 0 Å². The summed E-state index contributed by atoms with van der Waals surface area (Å²) in [5, 5.41) is 19.8. The molecule has 0 N–H and O–H groups in total. The van der Waals surface area contributed by atoms with Crippen molar-refractivity contribution in [1.29, 1.82) is 0 Å². The number of para-hydroxylation sites is 2. The number of nitrogens with zero attached hydrogens (tertiary/aromatic N) is 2. The van der Waals surface area contributed by atoms with Crippen LogP contribution in [0, 0.1) is 0 Å². The second-order valence-corrected chi connectivity index (χ2v) is 25.5. The van der Waals surface area contributed by atoms with Crippen LogP contribution in [0.3, 0.4) is 0 Å². The summed E-state index contributed by atoms with van der Waals surface area (Å²) in [6.07, 6.45) is 0. The lowest BCUT2D eigenvalue weighted by atomic mass is 9.79. The fraction of sp³-hybridized carbons (Fsp3) is 0.0330. The van der Waals surface area contributed by atoms with Gasteiger partial charge in [-0.1, -0.05) is 269 Å². The molecule has 18 aromatic rings. The number of hydrogen-bond donors (Lipinski definition) is 0. The van der Waals surface area contributed by atoms with Crippen molar-refractivity contribution >= 4 is 131 Å². The number of furan rings is 1. The lowest BCUT2D eigenvalue weighted by Gasteiger charge is -2.26. The van der Waals surface area contributed by atoms with Crippen molar-refractivity contribution in [2.75, 3.05) is 9.80 Å². The molecule has 94 heavy (non-hydrogen) atoms. The third kappa shape index (κ3) is 9.03. The maximum atomic E-state index is 6.57. The van der Waals surface area contributed by atoms with E-state index in [0.29, 0.717) is 0 Å². The van der Waals surface area contributed by atoms with Crippen LogP contribution in [0.25, 0.3) is 131 Å². The normalized spacial score (nSPS) is 12.4. The minimum absolute atomic E-state index is 0.0525. The number of fused-ring (bicyclic) bond motifs is 20. The topological polar surface area (TPSA) is 19.6 Å². The molecule has 0 saturated carbocycles. The average molecular weight is 1200 g/mol. The van der Waals surface area contributed by atoms with E-state index in [4.69, 9.17) is 4.42 Å². The smallest absolute Gasteiger partial charge is 0.143 e. The van der Waals surface area contributed by atoms with Gasteiger partial charge >= 0.3 is 0 Å². The summed E-state index contributed by atoms with van der Waals surface area (Å²) >= 11 is 0. The fourth-order valence-electron chi connectivity index (χ4n) is 15.4. The Morgan fingerprint density at radius 3 is 1.33 bits per heavy atom. The molecule has 0 atom stereocenters. The van der Waals surface area contributed by atoms with E-state index in [9.17, 15) is 0 Å². The summed E-state index contributed by atoms with van der Waals surface area (Å²) in [6, 6.07) is 123. The molecule has 19 rings (SSSR count). The Morgan fingerprint density at radius 2 is 0.660 bits per heavy atom. The first-order chi connectivity index (χ1) is 46.4. The van der Waals surface area contributed by atoms with Crippen LogP contribution in [0.2, 0.25) is 0 Å². The van der Waals surface area contributed by atoms with Gasteiger partial charge in [0.25, 0.3) is 0 Å². The Morgan fingerprint density at radius 1 is 0.245 bits per heavy atom. The number of hydrogen-bond acceptors (Lipinski definition) is 3. The minimum Gasteiger partial charge on any atom is -0.455 e. The zero-order valence-corrected chi connectivity index (χ0v) is 52.1. The highest BCUT2D eigenvalue weighted by Gasteiger charge is 2.37. The molecule has 0 amide bonds.